The highest BCUT2D eigenvalue weighted by molar-refractivity contribution is 6.12. The molecule has 1 aliphatic heterocycles. The Morgan fingerprint density at radius 2 is 1.68 bits per heavy atom. The Morgan fingerprint density at radius 3 is 2.48 bits per heavy atom. The first-order valence-electron chi connectivity index (χ1n) is 15.0. The monoisotopic (exact) mass is 594 g/mol. The second-order valence-electron chi connectivity index (χ2n) is 11.2. The molecule has 0 saturated carbocycles. The van der Waals surface area contributed by atoms with Gasteiger partial charge in [0, 0.05) is 67.4 Å². The fourth-order valence-corrected chi connectivity index (χ4v) is 5.36. The summed E-state index contributed by atoms with van der Waals surface area (Å²) in [5, 5.41) is 2.93. The molecule has 3 N–H and O–H groups in total. The number of hydrogen-bond acceptors (Lipinski definition) is 7. The Balaban J connectivity index is 1.27. The van der Waals surface area contributed by atoms with Crippen molar-refractivity contribution in [2.75, 3.05) is 45.2 Å². The van der Waals surface area contributed by atoms with Gasteiger partial charge in [0.1, 0.15) is 11.3 Å². The van der Waals surface area contributed by atoms with Crippen molar-refractivity contribution in [1.82, 2.24) is 19.8 Å². The zero-order valence-corrected chi connectivity index (χ0v) is 25.2. The van der Waals surface area contributed by atoms with Crippen LogP contribution in [0.1, 0.15) is 52.0 Å². The Labute approximate surface area is 257 Å². The summed E-state index contributed by atoms with van der Waals surface area (Å²) in [5.41, 5.74) is 10.3. The van der Waals surface area contributed by atoms with E-state index < -0.39 is 5.91 Å². The number of aryl methyl sites for hydroxylation is 1. The van der Waals surface area contributed by atoms with Crippen LogP contribution in [0, 0.1) is 6.92 Å². The number of likely N-dealkylation sites (N-methyl/N-ethyl adjacent to an activating group) is 1. The van der Waals surface area contributed by atoms with Gasteiger partial charge in [0.05, 0.1) is 17.7 Å². The summed E-state index contributed by atoms with van der Waals surface area (Å²) in [6.07, 6.45) is 6.14. The summed E-state index contributed by atoms with van der Waals surface area (Å²) >= 11 is 0. The van der Waals surface area contributed by atoms with Crippen molar-refractivity contribution >= 4 is 34.4 Å². The lowest BCUT2D eigenvalue weighted by Gasteiger charge is -2.32. The number of hydrogen-bond donors (Lipinski definition) is 2. The van der Waals surface area contributed by atoms with Crippen LogP contribution in [0.3, 0.4) is 0 Å². The number of amides is 3. The number of nitrogens with two attached hydrogens (primary N) is 1. The number of rotatable bonds is 11. The van der Waals surface area contributed by atoms with Gasteiger partial charge in [-0.1, -0.05) is 18.2 Å². The van der Waals surface area contributed by atoms with Crippen molar-refractivity contribution in [1.29, 1.82) is 0 Å². The summed E-state index contributed by atoms with van der Waals surface area (Å²) in [6.45, 7) is 5.87. The fourth-order valence-electron chi connectivity index (χ4n) is 5.36. The van der Waals surface area contributed by atoms with Gasteiger partial charge in [0.25, 0.3) is 5.91 Å². The Hall–Kier alpha value is -4.83. The first-order chi connectivity index (χ1) is 21.3. The number of primary amides is 1. The number of carbonyl (C=O) groups is 3. The molecular formula is C34H38N6O4. The van der Waals surface area contributed by atoms with E-state index in [1.54, 1.807) is 48.8 Å². The SMILES string of the molecule is Cc1ccc(-c2cc(NC(=O)c3cccc4nccnc34)ccc2C(N)=O)c(OCCCCCC(=O)N2CCN(C)CC2)c1. The summed E-state index contributed by atoms with van der Waals surface area (Å²) in [7, 11) is 2.08. The zero-order chi connectivity index (χ0) is 31.1. The van der Waals surface area contributed by atoms with Crippen molar-refractivity contribution < 1.29 is 19.1 Å². The third-order valence-corrected chi connectivity index (χ3v) is 7.86. The zero-order valence-electron chi connectivity index (χ0n) is 25.2. The van der Waals surface area contributed by atoms with Crippen LogP contribution in [0.4, 0.5) is 5.69 Å². The summed E-state index contributed by atoms with van der Waals surface area (Å²) in [6, 6.07) is 16.0. The second kappa shape index (κ2) is 14.1. The van der Waals surface area contributed by atoms with E-state index in [2.05, 4.69) is 27.2 Å². The lowest BCUT2D eigenvalue weighted by atomic mass is 9.96. The van der Waals surface area contributed by atoms with Crippen LogP contribution in [-0.2, 0) is 4.79 Å². The van der Waals surface area contributed by atoms with Gasteiger partial charge in [-0.25, -0.2) is 0 Å². The molecule has 0 atom stereocenters. The molecule has 0 aliphatic carbocycles. The van der Waals surface area contributed by atoms with E-state index in [9.17, 15) is 14.4 Å². The van der Waals surface area contributed by atoms with Crippen molar-refractivity contribution in [3.63, 3.8) is 0 Å². The van der Waals surface area contributed by atoms with Gasteiger partial charge < -0.3 is 25.6 Å². The van der Waals surface area contributed by atoms with Crippen LogP contribution in [0.25, 0.3) is 22.2 Å². The number of unbranched alkanes of at least 4 members (excludes halogenated alkanes) is 2. The Kier molecular flexibility index (Phi) is 9.81. The van der Waals surface area contributed by atoms with Gasteiger partial charge in [-0.2, -0.15) is 0 Å². The van der Waals surface area contributed by atoms with E-state index in [0.29, 0.717) is 57.8 Å². The first kappa shape index (κ1) is 30.6. The van der Waals surface area contributed by atoms with Gasteiger partial charge in [-0.3, -0.25) is 24.4 Å². The Morgan fingerprint density at radius 1 is 0.886 bits per heavy atom. The van der Waals surface area contributed by atoms with Gasteiger partial charge in [-0.15, -0.1) is 0 Å². The molecule has 3 aromatic carbocycles. The molecule has 5 rings (SSSR count). The number of ether oxygens (including phenoxy) is 1. The summed E-state index contributed by atoms with van der Waals surface area (Å²) in [5.74, 6) is -0.0905. The average molecular weight is 595 g/mol. The molecule has 1 aliphatic rings. The predicted molar refractivity (Wildman–Crippen MR) is 171 cm³/mol. The number of para-hydroxylation sites is 1. The number of piperazine rings is 1. The highest BCUT2D eigenvalue weighted by atomic mass is 16.5. The largest absolute Gasteiger partial charge is 0.493 e. The normalized spacial score (nSPS) is 13.5. The van der Waals surface area contributed by atoms with Crippen LogP contribution in [-0.4, -0.2) is 77.3 Å². The molecule has 2 heterocycles. The lowest BCUT2D eigenvalue weighted by Crippen LogP contribution is -2.47. The molecule has 4 aromatic rings. The third-order valence-electron chi connectivity index (χ3n) is 7.86. The molecular weight excluding hydrogens is 556 g/mol. The molecule has 1 fully saturated rings. The number of nitrogens with zero attached hydrogens (tertiary/aromatic N) is 4. The third kappa shape index (κ3) is 7.38. The van der Waals surface area contributed by atoms with Gasteiger partial charge >= 0.3 is 0 Å². The minimum absolute atomic E-state index is 0.222. The van der Waals surface area contributed by atoms with Crippen molar-refractivity contribution in [3.05, 3.63) is 83.7 Å². The quantitative estimate of drug-likeness (QED) is 0.241. The maximum atomic E-state index is 13.3. The van der Waals surface area contributed by atoms with E-state index in [1.165, 1.54) is 0 Å². The molecule has 0 radical (unpaired) electrons. The standard InChI is InChI=1S/C34H38N6O4/c1-23-10-12-25(30(21-23)44-20-5-3-4-9-31(41)40-18-16-39(2)17-19-40)28-22-24(11-13-26(28)33(35)42)38-34(43)27-7-6-8-29-32(27)37-15-14-36-29/h6-8,10-15,21-22H,3-5,9,16-20H2,1-2H3,(H2,35,42)(H,38,43). The first-order valence-corrected chi connectivity index (χ1v) is 15.0. The topological polar surface area (TPSA) is 131 Å². The minimum atomic E-state index is -0.584. The molecule has 1 saturated heterocycles. The molecule has 0 unspecified atom stereocenters. The molecule has 1 aromatic heterocycles. The van der Waals surface area contributed by atoms with Crippen molar-refractivity contribution in [3.8, 4) is 16.9 Å². The highest BCUT2D eigenvalue weighted by Crippen LogP contribution is 2.35. The van der Waals surface area contributed by atoms with Gasteiger partial charge in [0.2, 0.25) is 11.8 Å². The van der Waals surface area contributed by atoms with Crippen LogP contribution in [0.2, 0.25) is 0 Å². The Bertz CT molecular complexity index is 1660. The van der Waals surface area contributed by atoms with Crippen LogP contribution in [0.5, 0.6) is 5.75 Å². The minimum Gasteiger partial charge on any atom is -0.493 e. The van der Waals surface area contributed by atoms with Crippen LogP contribution < -0.4 is 15.8 Å². The van der Waals surface area contributed by atoms with E-state index in [4.69, 9.17) is 10.5 Å². The number of carbonyl (C=O) groups excluding carboxylic acids is 3. The smallest absolute Gasteiger partial charge is 0.257 e. The van der Waals surface area contributed by atoms with Crippen LogP contribution >= 0.6 is 0 Å². The van der Waals surface area contributed by atoms with Crippen molar-refractivity contribution in [2.45, 2.75) is 32.6 Å². The van der Waals surface area contributed by atoms with E-state index in [1.807, 2.05) is 30.0 Å². The molecule has 0 bridgehead atoms. The molecule has 228 valence electrons. The van der Waals surface area contributed by atoms with Crippen LogP contribution in [0.15, 0.2) is 67.0 Å². The number of nitrogens with one attached hydrogen (secondary N) is 1. The fraction of sp³-hybridized carbons (Fsp3) is 0.324. The second-order valence-corrected chi connectivity index (χ2v) is 11.2. The summed E-state index contributed by atoms with van der Waals surface area (Å²) < 4.78 is 6.23. The van der Waals surface area contributed by atoms with E-state index in [0.717, 1.165) is 51.0 Å². The maximum Gasteiger partial charge on any atom is 0.257 e. The summed E-state index contributed by atoms with van der Waals surface area (Å²) in [4.78, 5) is 51.0. The molecule has 3 amide bonds. The van der Waals surface area contributed by atoms with Gasteiger partial charge in [0.15, 0.2) is 0 Å². The average Bonchev–Trinajstić information content (AvgIpc) is 3.02. The molecule has 10 nitrogen and oxygen atoms in total. The number of aromatic nitrogens is 2. The molecule has 10 heteroatoms. The maximum absolute atomic E-state index is 13.3. The lowest BCUT2D eigenvalue weighted by molar-refractivity contribution is -0.132. The molecule has 44 heavy (non-hydrogen) atoms. The number of fused-ring (bicyclic) bond motifs is 1. The molecule has 0 spiro atoms. The number of anilines is 1. The van der Waals surface area contributed by atoms with E-state index in [-0.39, 0.29) is 11.8 Å². The predicted octanol–water partition coefficient (Wildman–Crippen LogP) is 4.67. The van der Waals surface area contributed by atoms with Gasteiger partial charge in [-0.05, 0) is 75.2 Å². The van der Waals surface area contributed by atoms with Crippen molar-refractivity contribution in [2.24, 2.45) is 5.73 Å². The number of benzene rings is 3. The highest BCUT2D eigenvalue weighted by Gasteiger charge is 2.19. The van der Waals surface area contributed by atoms with E-state index >= 15 is 0 Å².